The van der Waals surface area contributed by atoms with Crippen molar-refractivity contribution in [2.24, 2.45) is 5.92 Å². The summed E-state index contributed by atoms with van der Waals surface area (Å²) in [5.41, 5.74) is 1.35. The molecule has 9 heavy (non-hydrogen) atoms. The first kappa shape index (κ1) is 6.34. The fraction of sp³-hybridized carbons (Fsp3) is 0.333. The van der Waals surface area contributed by atoms with E-state index < -0.39 is 0 Å². The van der Waals surface area contributed by atoms with Crippen LogP contribution in [0, 0.1) is 5.92 Å². The minimum absolute atomic E-state index is 0.697. The van der Waals surface area contributed by atoms with Crippen LogP contribution in [0.5, 0.6) is 0 Å². The number of hydrogen-bond acceptors (Lipinski definition) is 0. The molecule has 1 atom stereocenters. The van der Waals surface area contributed by atoms with Gasteiger partial charge in [0.15, 0.2) is 0 Å². The van der Waals surface area contributed by atoms with Crippen LogP contribution in [0.15, 0.2) is 36.5 Å². The summed E-state index contributed by atoms with van der Waals surface area (Å²) in [6.45, 7) is 5.93. The summed E-state index contributed by atoms with van der Waals surface area (Å²) in [6.07, 6.45) is 9.52. The van der Waals surface area contributed by atoms with Gasteiger partial charge in [-0.2, -0.15) is 0 Å². The highest BCUT2D eigenvalue weighted by molar-refractivity contribution is 5.26. The van der Waals surface area contributed by atoms with Gasteiger partial charge in [-0.25, -0.2) is 0 Å². The SMILES string of the molecule is C=CC1=CC=CC(C)C1. The molecule has 0 bridgehead atoms. The van der Waals surface area contributed by atoms with Gasteiger partial charge in [0, 0.05) is 0 Å². The second-order valence-electron chi connectivity index (χ2n) is 2.51. The molecule has 0 saturated heterocycles. The highest BCUT2D eigenvalue weighted by Gasteiger charge is 2.01. The molecule has 0 aromatic carbocycles. The Balaban J connectivity index is 2.65. The standard InChI is InChI=1S/C9H12/c1-3-9-6-4-5-8(2)7-9/h3-6,8H,1,7H2,2H3. The fourth-order valence-electron chi connectivity index (χ4n) is 1.03. The lowest BCUT2D eigenvalue weighted by molar-refractivity contribution is 0.718. The van der Waals surface area contributed by atoms with Crippen LogP contribution in [-0.4, -0.2) is 0 Å². The number of rotatable bonds is 1. The Hall–Kier alpha value is -0.780. The Bertz CT molecular complexity index is 161. The molecule has 1 unspecified atom stereocenters. The Labute approximate surface area is 56.6 Å². The van der Waals surface area contributed by atoms with E-state index in [1.54, 1.807) is 0 Å². The van der Waals surface area contributed by atoms with Crippen LogP contribution in [0.25, 0.3) is 0 Å². The van der Waals surface area contributed by atoms with Crippen LogP contribution in [0.1, 0.15) is 13.3 Å². The molecule has 1 aliphatic carbocycles. The van der Waals surface area contributed by atoms with E-state index in [0.717, 1.165) is 6.42 Å². The van der Waals surface area contributed by atoms with Crippen LogP contribution < -0.4 is 0 Å². The van der Waals surface area contributed by atoms with E-state index in [1.165, 1.54) is 5.57 Å². The predicted octanol–water partition coefficient (Wildman–Crippen LogP) is 2.69. The van der Waals surface area contributed by atoms with Crippen LogP contribution in [0.3, 0.4) is 0 Å². The van der Waals surface area contributed by atoms with E-state index in [2.05, 4.69) is 31.7 Å². The number of allylic oxidation sites excluding steroid dienone is 5. The van der Waals surface area contributed by atoms with E-state index in [0.29, 0.717) is 5.92 Å². The minimum atomic E-state index is 0.697. The lowest BCUT2D eigenvalue weighted by Gasteiger charge is -2.09. The molecule has 0 fully saturated rings. The van der Waals surface area contributed by atoms with Gasteiger partial charge in [0.25, 0.3) is 0 Å². The van der Waals surface area contributed by atoms with Crippen molar-refractivity contribution in [1.29, 1.82) is 0 Å². The summed E-state index contributed by atoms with van der Waals surface area (Å²) in [5, 5.41) is 0. The second kappa shape index (κ2) is 2.67. The van der Waals surface area contributed by atoms with Crippen molar-refractivity contribution in [1.82, 2.24) is 0 Å². The average molecular weight is 120 g/mol. The predicted molar refractivity (Wildman–Crippen MR) is 41.2 cm³/mol. The van der Waals surface area contributed by atoms with Gasteiger partial charge >= 0.3 is 0 Å². The molecule has 0 N–H and O–H groups in total. The molecule has 1 aliphatic rings. The third-order valence-electron chi connectivity index (χ3n) is 1.57. The highest BCUT2D eigenvalue weighted by Crippen LogP contribution is 2.17. The van der Waals surface area contributed by atoms with Gasteiger partial charge in [-0.1, -0.05) is 37.8 Å². The Morgan fingerprint density at radius 3 is 3.00 bits per heavy atom. The maximum atomic E-state index is 3.72. The van der Waals surface area contributed by atoms with Crippen molar-refractivity contribution in [2.75, 3.05) is 0 Å². The molecule has 0 aliphatic heterocycles. The third kappa shape index (κ3) is 1.56. The van der Waals surface area contributed by atoms with Gasteiger partial charge in [-0.15, -0.1) is 0 Å². The summed E-state index contributed by atoms with van der Waals surface area (Å²) < 4.78 is 0. The molecule has 0 saturated carbocycles. The summed E-state index contributed by atoms with van der Waals surface area (Å²) in [7, 11) is 0. The van der Waals surface area contributed by atoms with Gasteiger partial charge in [0.05, 0.1) is 0 Å². The molecular formula is C9H12. The second-order valence-corrected chi connectivity index (χ2v) is 2.51. The Morgan fingerprint density at radius 1 is 1.78 bits per heavy atom. The van der Waals surface area contributed by atoms with Crippen molar-refractivity contribution in [2.45, 2.75) is 13.3 Å². The van der Waals surface area contributed by atoms with Gasteiger partial charge in [-0.3, -0.25) is 0 Å². The smallest absolute Gasteiger partial charge is 0.0218 e. The zero-order valence-corrected chi connectivity index (χ0v) is 5.80. The number of hydrogen-bond donors (Lipinski definition) is 0. The van der Waals surface area contributed by atoms with Crippen molar-refractivity contribution in [3.05, 3.63) is 36.5 Å². The van der Waals surface area contributed by atoms with E-state index in [-0.39, 0.29) is 0 Å². The monoisotopic (exact) mass is 120 g/mol. The average Bonchev–Trinajstić information content (AvgIpc) is 1.88. The van der Waals surface area contributed by atoms with E-state index in [4.69, 9.17) is 0 Å². The van der Waals surface area contributed by atoms with Crippen molar-refractivity contribution in [3.8, 4) is 0 Å². The zero-order chi connectivity index (χ0) is 6.69. The van der Waals surface area contributed by atoms with Crippen LogP contribution in [0.4, 0.5) is 0 Å². The fourth-order valence-corrected chi connectivity index (χ4v) is 1.03. The molecule has 0 radical (unpaired) electrons. The molecule has 0 aromatic rings. The lowest BCUT2D eigenvalue weighted by Crippen LogP contribution is -1.94. The summed E-state index contributed by atoms with van der Waals surface area (Å²) >= 11 is 0. The Morgan fingerprint density at radius 2 is 2.56 bits per heavy atom. The molecule has 0 heterocycles. The van der Waals surface area contributed by atoms with Crippen molar-refractivity contribution >= 4 is 0 Å². The summed E-state index contributed by atoms with van der Waals surface area (Å²) in [4.78, 5) is 0. The molecule has 0 nitrogen and oxygen atoms in total. The summed E-state index contributed by atoms with van der Waals surface area (Å²) in [5.74, 6) is 0.697. The quantitative estimate of drug-likeness (QED) is 0.499. The molecule has 0 amide bonds. The third-order valence-corrected chi connectivity index (χ3v) is 1.57. The Kier molecular flexibility index (Phi) is 1.88. The van der Waals surface area contributed by atoms with Crippen LogP contribution in [-0.2, 0) is 0 Å². The van der Waals surface area contributed by atoms with E-state index in [1.807, 2.05) is 6.08 Å². The molecular weight excluding hydrogens is 108 g/mol. The summed E-state index contributed by atoms with van der Waals surface area (Å²) in [6, 6.07) is 0. The van der Waals surface area contributed by atoms with Gasteiger partial charge in [0.2, 0.25) is 0 Å². The first-order chi connectivity index (χ1) is 4.33. The molecule has 48 valence electrons. The molecule has 0 heteroatoms. The largest absolute Gasteiger partial charge is 0.0988 e. The van der Waals surface area contributed by atoms with E-state index >= 15 is 0 Å². The maximum absolute atomic E-state index is 3.72. The molecule has 1 rings (SSSR count). The highest BCUT2D eigenvalue weighted by atomic mass is 14.1. The first-order valence-electron chi connectivity index (χ1n) is 3.32. The first-order valence-corrected chi connectivity index (χ1v) is 3.32. The maximum Gasteiger partial charge on any atom is -0.0218 e. The van der Waals surface area contributed by atoms with Crippen molar-refractivity contribution in [3.63, 3.8) is 0 Å². The zero-order valence-electron chi connectivity index (χ0n) is 5.80. The molecule has 0 spiro atoms. The van der Waals surface area contributed by atoms with Gasteiger partial charge in [-0.05, 0) is 17.9 Å². The molecule has 0 aromatic heterocycles. The van der Waals surface area contributed by atoms with Gasteiger partial charge < -0.3 is 0 Å². The normalized spacial score (nSPS) is 25.4. The van der Waals surface area contributed by atoms with Crippen molar-refractivity contribution < 1.29 is 0 Å². The minimum Gasteiger partial charge on any atom is -0.0988 e. The topological polar surface area (TPSA) is 0 Å². The van der Waals surface area contributed by atoms with Crippen LogP contribution in [0.2, 0.25) is 0 Å². The van der Waals surface area contributed by atoms with E-state index in [9.17, 15) is 0 Å². The lowest BCUT2D eigenvalue weighted by atomic mass is 9.96. The van der Waals surface area contributed by atoms with Gasteiger partial charge in [0.1, 0.15) is 0 Å². The van der Waals surface area contributed by atoms with Crippen LogP contribution >= 0.6 is 0 Å².